The van der Waals surface area contributed by atoms with Gasteiger partial charge in [-0.2, -0.15) is 0 Å². The maximum absolute atomic E-state index is 3.99. The molecular formula is C44H31N. The Bertz CT molecular complexity index is 2340. The third kappa shape index (κ3) is 3.03. The average Bonchev–Trinajstić information content (AvgIpc) is 3.65. The van der Waals surface area contributed by atoms with Crippen LogP contribution in [0.3, 0.4) is 0 Å². The van der Waals surface area contributed by atoms with E-state index in [4.69, 9.17) is 0 Å². The van der Waals surface area contributed by atoms with Crippen LogP contribution in [0.5, 0.6) is 0 Å². The number of hydrogen-bond acceptors (Lipinski definition) is 1. The largest absolute Gasteiger partial charge is 0.355 e. The highest BCUT2D eigenvalue weighted by Crippen LogP contribution is 2.65. The minimum atomic E-state index is -0.391. The van der Waals surface area contributed by atoms with Gasteiger partial charge in [0.05, 0.1) is 5.41 Å². The van der Waals surface area contributed by atoms with E-state index in [1.54, 1.807) is 0 Å². The van der Waals surface area contributed by atoms with Crippen molar-refractivity contribution in [3.8, 4) is 33.4 Å². The first-order valence-corrected chi connectivity index (χ1v) is 16.0. The first-order chi connectivity index (χ1) is 22.1. The van der Waals surface area contributed by atoms with Crippen LogP contribution in [-0.4, -0.2) is 0 Å². The summed E-state index contributed by atoms with van der Waals surface area (Å²) >= 11 is 0. The molecule has 0 unspecified atom stereocenters. The van der Waals surface area contributed by atoms with Crippen molar-refractivity contribution in [1.82, 2.24) is 0 Å². The van der Waals surface area contributed by atoms with Gasteiger partial charge < -0.3 is 5.32 Å². The van der Waals surface area contributed by atoms with Crippen LogP contribution in [0.15, 0.2) is 146 Å². The van der Waals surface area contributed by atoms with Crippen molar-refractivity contribution in [2.45, 2.75) is 24.7 Å². The Morgan fingerprint density at radius 1 is 0.444 bits per heavy atom. The summed E-state index contributed by atoms with van der Waals surface area (Å²) in [4.78, 5) is 0. The van der Waals surface area contributed by atoms with Gasteiger partial charge in [-0.1, -0.05) is 141 Å². The zero-order valence-electron chi connectivity index (χ0n) is 25.4. The van der Waals surface area contributed by atoms with Gasteiger partial charge in [-0.25, -0.2) is 0 Å². The van der Waals surface area contributed by atoms with Crippen LogP contribution in [0.25, 0.3) is 44.2 Å². The normalized spacial score (nSPS) is 15.2. The number of anilines is 2. The smallest absolute Gasteiger partial charge is 0.0732 e. The molecule has 0 saturated carbocycles. The molecule has 7 aromatic rings. The molecule has 0 saturated heterocycles. The lowest BCUT2D eigenvalue weighted by atomic mass is 9.69. The molecule has 1 N–H and O–H groups in total. The number of benzene rings is 7. The maximum Gasteiger partial charge on any atom is 0.0732 e. The topological polar surface area (TPSA) is 12.0 Å². The van der Waals surface area contributed by atoms with E-state index in [1.165, 1.54) is 77.5 Å². The van der Waals surface area contributed by atoms with Crippen LogP contribution in [0, 0.1) is 0 Å². The summed E-state index contributed by atoms with van der Waals surface area (Å²) in [6.45, 7) is 4.70. The minimum Gasteiger partial charge on any atom is -0.355 e. The van der Waals surface area contributed by atoms with E-state index in [2.05, 4.69) is 165 Å². The summed E-state index contributed by atoms with van der Waals surface area (Å²) in [5.41, 5.74) is 18.1. The molecule has 7 aromatic carbocycles. The first-order valence-electron chi connectivity index (χ1n) is 16.0. The summed E-state index contributed by atoms with van der Waals surface area (Å²) in [7, 11) is 0. The highest BCUT2D eigenvalue weighted by molar-refractivity contribution is 6.08. The predicted molar refractivity (Wildman–Crippen MR) is 188 cm³/mol. The Kier molecular flexibility index (Phi) is 4.78. The molecule has 1 heteroatoms. The third-order valence-corrected chi connectivity index (χ3v) is 10.8. The van der Waals surface area contributed by atoms with E-state index in [1.807, 2.05) is 0 Å². The molecule has 0 atom stereocenters. The molecule has 0 fully saturated rings. The Morgan fingerprint density at radius 3 is 1.64 bits per heavy atom. The van der Waals surface area contributed by atoms with Crippen molar-refractivity contribution in [1.29, 1.82) is 0 Å². The summed E-state index contributed by atoms with van der Waals surface area (Å²) < 4.78 is 0. The molecule has 1 spiro atoms. The Balaban J connectivity index is 1.26. The number of rotatable bonds is 2. The van der Waals surface area contributed by atoms with Gasteiger partial charge in [-0.15, -0.1) is 0 Å². The molecule has 0 amide bonds. The fourth-order valence-corrected chi connectivity index (χ4v) is 9.01. The second kappa shape index (κ2) is 8.61. The van der Waals surface area contributed by atoms with Gasteiger partial charge >= 0.3 is 0 Å². The molecular weight excluding hydrogens is 542 g/mol. The molecule has 0 aliphatic heterocycles. The van der Waals surface area contributed by atoms with Gasteiger partial charge in [0.15, 0.2) is 0 Å². The van der Waals surface area contributed by atoms with Gasteiger partial charge in [-0.3, -0.25) is 0 Å². The van der Waals surface area contributed by atoms with Crippen molar-refractivity contribution in [3.05, 3.63) is 179 Å². The average molecular weight is 574 g/mol. The van der Waals surface area contributed by atoms with Crippen molar-refractivity contribution in [2.24, 2.45) is 0 Å². The van der Waals surface area contributed by atoms with Gasteiger partial charge in [-0.05, 0) is 90.2 Å². The van der Waals surface area contributed by atoms with E-state index in [9.17, 15) is 0 Å². The molecule has 1 nitrogen and oxygen atoms in total. The Hall–Kier alpha value is -5.40. The van der Waals surface area contributed by atoms with E-state index in [0.29, 0.717) is 0 Å². The molecule has 0 bridgehead atoms. The SMILES string of the molecule is CC1(C)c2ccccc2-c2ccc(Nc3cc4ccccc4c4c3-c3ccccc3C43c4ccccc4-c4ccccc43)cc21. The third-order valence-electron chi connectivity index (χ3n) is 10.8. The van der Waals surface area contributed by atoms with E-state index in [-0.39, 0.29) is 5.41 Å². The summed E-state index contributed by atoms with van der Waals surface area (Å²) in [6.07, 6.45) is 0. The van der Waals surface area contributed by atoms with Crippen molar-refractivity contribution in [3.63, 3.8) is 0 Å². The summed E-state index contributed by atoms with van der Waals surface area (Å²) in [5, 5.41) is 6.55. The van der Waals surface area contributed by atoms with Crippen LogP contribution < -0.4 is 5.32 Å². The van der Waals surface area contributed by atoms with E-state index < -0.39 is 5.41 Å². The van der Waals surface area contributed by atoms with E-state index >= 15 is 0 Å². The van der Waals surface area contributed by atoms with Gasteiger partial charge in [0.1, 0.15) is 0 Å². The molecule has 45 heavy (non-hydrogen) atoms. The van der Waals surface area contributed by atoms with Gasteiger partial charge in [0, 0.05) is 22.4 Å². The van der Waals surface area contributed by atoms with Crippen LogP contribution >= 0.6 is 0 Å². The molecule has 212 valence electrons. The molecule has 0 aromatic heterocycles. The predicted octanol–water partition coefficient (Wildman–Crippen LogP) is 11.2. The van der Waals surface area contributed by atoms with Crippen LogP contribution in [0.2, 0.25) is 0 Å². The lowest BCUT2D eigenvalue weighted by molar-refractivity contribution is 0.660. The minimum absolute atomic E-state index is 0.0527. The highest BCUT2D eigenvalue weighted by atomic mass is 14.9. The summed E-state index contributed by atoms with van der Waals surface area (Å²) in [6, 6.07) is 54.3. The fourth-order valence-electron chi connectivity index (χ4n) is 9.01. The van der Waals surface area contributed by atoms with Crippen LogP contribution in [0.4, 0.5) is 11.4 Å². The molecule has 3 aliphatic carbocycles. The maximum atomic E-state index is 3.99. The van der Waals surface area contributed by atoms with Crippen LogP contribution in [0.1, 0.15) is 47.2 Å². The zero-order valence-corrected chi connectivity index (χ0v) is 25.4. The second-order valence-corrected chi connectivity index (χ2v) is 13.3. The number of fused-ring (bicyclic) bond motifs is 15. The number of hydrogen-bond donors (Lipinski definition) is 1. The molecule has 10 rings (SSSR count). The second-order valence-electron chi connectivity index (χ2n) is 13.3. The lowest BCUT2D eigenvalue weighted by Crippen LogP contribution is -2.26. The quantitative estimate of drug-likeness (QED) is 0.217. The van der Waals surface area contributed by atoms with Gasteiger partial charge in [0.2, 0.25) is 0 Å². The molecule has 3 aliphatic rings. The molecule has 0 heterocycles. The summed E-state index contributed by atoms with van der Waals surface area (Å²) in [5.74, 6) is 0. The first kappa shape index (κ1) is 25.0. The van der Waals surface area contributed by atoms with Crippen molar-refractivity contribution < 1.29 is 0 Å². The standard InChI is InChI=1S/C44H31N/c1-43(2)35-19-9-5-15-30(35)33-24-23-28(26-39(33)43)45-40-25-27-13-3-4-14-29(27)42-41(40)34-18-8-12-22-38(34)44(42)36-20-10-6-16-31(36)32-17-7-11-21-37(32)44/h3-26,45H,1-2H3. The number of nitrogens with one attached hydrogen (secondary N) is 1. The van der Waals surface area contributed by atoms with E-state index in [0.717, 1.165) is 11.4 Å². The Morgan fingerprint density at radius 2 is 0.956 bits per heavy atom. The molecule has 0 radical (unpaired) electrons. The van der Waals surface area contributed by atoms with Crippen LogP contribution in [-0.2, 0) is 10.8 Å². The fraction of sp³-hybridized carbons (Fsp3) is 0.0909. The van der Waals surface area contributed by atoms with Crippen molar-refractivity contribution >= 4 is 22.1 Å². The Labute approximate surface area is 263 Å². The van der Waals surface area contributed by atoms with Crippen molar-refractivity contribution in [2.75, 3.05) is 5.32 Å². The van der Waals surface area contributed by atoms with Gasteiger partial charge in [0.25, 0.3) is 0 Å². The lowest BCUT2D eigenvalue weighted by Gasteiger charge is -2.31. The monoisotopic (exact) mass is 573 g/mol. The highest BCUT2D eigenvalue weighted by Gasteiger charge is 2.53. The zero-order chi connectivity index (χ0) is 29.9.